The van der Waals surface area contributed by atoms with Gasteiger partial charge in [-0.05, 0) is 62.0 Å². The number of para-hydroxylation sites is 1. The fourth-order valence-corrected chi connectivity index (χ4v) is 5.14. The standard InChI is InChI=1S/C30H51N3O6/c1-21(2)23(19-32-29(35)24-14-8-9-15-27(24)39-17-11-10-16-37-3)18-25(31)26(34)20-33-30(36)28(38-4)22-12-6-5-7-13-22/h8-9,14-15,21-23,25-26,28,34H,5-7,10-13,16-20,31H2,1-4H3,(H,32,35)(H,33,36)/t23?,25?,26?,28-/m1/s1. The molecule has 0 saturated heterocycles. The van der Waals surface area contributed by atoms with Gasteiger partial charge in [0, 0.05) is 40.0 Å². The first-order valence-corrected chi connectivity index (χ1v) is 14.5. The molecule has 1 saturated carbocycles. The first-order valence-electron chi connectivity index (χ1n) is 14.5. The molecule has 5 N–H and O–H groups in total. The van der Waals surface area contributed by atoms with Crippen LogP contribution in [0.2, 0.25) is 0 Å². The van der Waals surface area contributed by atoms with E-state index in [1.807, 2.05) is 12.1 Å². The number of unbranched alkanes of at least 4 members (excludes halogenated alkanes) is 1. The van der Waals surface area contributed by atoms with E-state index in [4.69, 9.17) is 19.9 Å². The van der Waals surface area contributed by atoms with Crippen LogP contribution in [-0.2, 0) is 14.3 Å². The van der Waals surface area contributed by atoms with Crippen molar-refractivity contribution in [2.75, 3.05) is 40.5 Å². The maximum absolute atomic E-state index is 13.0. The number of nitrogens with two attached hydrogens (primary N) is 1. The molecule has 0 spiro atoms. The first-order chi connectivity index (χ1) is 18.8. The second kappa shape index (κ2) is 18.2. The summed E-state index contributed by atoms with van der Waals surface area (Å²) in [6.45, 7) is 5.82. The molecule has 1 fully saturated rings. The molecule has 0 radical (unpaired) electrons. The van der Waals surface area contributed by atoms with Crippen LogP contribution >= 0.6 is 0 Å². The van der Waals surface area contributed by atoms with Crippen LogP contribution in [0.5, 0.6) is 5.75 Å². The second-order valence-electron chi connectivity index (χ2n) is 11.0. The molecule has 0 aromatic heterocycles. The zero-order valence-corrected chi connectivity index (χ0v) is 24.3. The van der Waals surface area contributed by atoms with Gasteiger partial charge in [0.25, 0.3) is 5.91 Å². The second-order valence-corrected chi connectivity index (χ2v) is 11.0. The number of benzene rings is 1. The van der Waals surface area contributed by atoms with Gasteiger partial charge in [-0.15, -0.1) is 0 Å². The maximum Gasteiger partial charge on any atom is 0.255 e. The fraction of sp³-hybridized carbons (Fsp3) is 0.733. The summed E-state index contributed by atoms with van der Waals surface area (Å²) in [5.74, 6) is 0.652. The van der Waals surface area contributed by atoms with E-state index in [-0.39, 0.29) is 36.1 Å². The van der Waals surface area contributed by atoms with Gasteiger partial charge < -0.3 is 35.7 Å². The van der Waals surface area contributed by atoms with Crippen LogP contribution < -0.4 is 21.1 Å². The molecule has 9 heteroatoms. The topological polar surface area (TPSA) is 132 Å². The monoisotopic (exact) mass is 549 g/mol. The predicted octanol–water partition coefficient (Wildman–Crippen LogP) is 3.28. The van der Waals surface area contributed by atoms with E-state index in [9.17, 15) is 14.7 Å². The molecule has 3 unspecified atom stereocenters. The van der Waals surface area contributed by atoms with E-state index in [0.717, 1.165) is 38.5 Å². The molecule has 1 aliphatic carbocycles. The van der Waals surface area contributed by atoms with E-state index >= 15 is 0 Å². The lowest BCUT2D eigenvalue weighted by atomic mass is 9.84. The summed E-state index contributed by atoms with van der Waals surface area (Å²) in [6.07, 6.45) is 6.25. The molecule has 1 aromatic carbocycles. The van der Waals surface area contributed by atoms with Gasteiger partial charge in [0.15, 0.2) is 0 Å². The lowest BCUT2D eigenvalue weighted by Crippen LogP contribution is -2.49. The van der Waals surface area contributed by atoms with Crippen LogP contribution in [0.1, 0.15) is 75.6 Å². The number of carbonyl (C=O) groups is 2. The number of rotatable bonds is 18. The van der Waals surface area contributed by atoms with Gasteiger partial charge >= 0.3 is 0 Å². The number of nitrogens with one attached hydrogen (secondary N) is 2. The fourth-order valence-electron chi connectivity index (χ4n) is 5.14. The first kappa shape index (κ1) is 33.0. The number of carbonyl (C=O) groups excluding carboxylic acids is 2. The van der Waals surface area contributed by atoms with Gasteiger partial charge in [0.2, 0.25) is 5.91 Å². The van der Waals surface area contributed by atoms with Crippen LogP contribution in [0.25, 0.3) is 0 Å². The number of aliphatic hydroxyl groups excluding tert-OH is 1. The summed E-state index contributed by atoms with van der Waals surface area (Å²) in [5.41, 5.74) is 6.84. The number of amides is 2. The van der Waals surface area contributed by atoms with E-state index in [2.05, 4.69) is 24.5 Å². The highest BCUT2D eigenvalue weighted by molar-refractivity contribution is 5.96. The van der Waals surface area contributed by atoms with Crippen molar-refractivity contribution >= 4 is 11.8 Å². The minimum Gasteiger partial charge on any atom is -0.493 e. The third kappa shape index (κ3) is 11.4. The zero-order valence-electron chi connectivity index (χ0n) is 24.3. The third-order valence-corrected chi connectivity index (χ3v) is 7.74. The Morgan fingerprint density at radius 3 is 2.38 bits per heavy atom. The largest absolute Gasteiger partial charge is 0.493 e. The van der Waals surface area contributed by atoms with Crippen LogP contribution in [-0.4, -0.2) is 75.7 Å². The third-order valence-electron chi connectivity index (χ3n) is 7.74. The molecule has 2 rings (SSSR count). The van der Waals surface area contributed by atoms with Crippen molar-refractivity contribution in [3.05, 3.63) is 29.8 Å². The lowest BCUT2D eigenvalue weighted by Gasteiger charge is -2.30. The highest BCUT2D eigenvalue weighted by atomic mass is 16.5. The zero-order chi connectivity index (χ0) is 28.6. The number of methoxy groups -OCH3 is 2. The van der Waals surface area contributed by atoms with E-state index in [0.29, 0.717) is 37.5 Å². The van der Waals surface area contributed by atoms with Gasteiger partial charge in [0.05, 0.1) is 18.3 Å². The molecule has 0 heterocycles. The van der Waals surface area contributed by atoms with E-state index < -0.39 is 18.2 Å². The molecule has 0 bridgehead atoms. The minimum absolute atomic E-state index is 0.0467. The normalized spacial score (nSPS) is 17.3. The van der Waals surface area contributed by atoms with Crippen molar-refractivity contribution < 1.29 is 28.9 Å². The Hall–Kier alpha value is -2.20. The number of hydrogen-bond acceptors (Lipinski definition) is 7. The highest BCUT2D eigenvalue weighted by Gasteiger charge is 2.30. The number of ether oxygens (including phenoxy) is 3. The van der Waals surface area contributed by atoms with Crippen LogP contribution in [0, 0.1) is 17.8 Å². The predicted molar refractivity (Wildman–Crippen MR) is 153 cm³/mol. The van der Waals surface area contributed by atoms with Crippen LogP contribution in [0.3, 0.4) is 0 Å². The Labute approximate surface area is 234 Å². The summed E-state index contributed by atoms with van der Waals surface area (Å²) in [4.78, 5) is 25.7. The quantitative estimate of drug-likeness (QED) is 0.207. The number of aliphatic hydroxyl groups is 1. The Kier molecular flexibility index (Phi) is 15.4. The average molecular weight is 550 g/mol. The molecule has 0 aliphatic heterocycles. The van der Waals surface area contributed by atoms with Crippen LogP contribution in [0.15, 0.2) is 24.3 Å². The van der Waals surface area contributed by atoms with Crippen molar-refractivity contribution in [3.8, 4) is 5.75 Å². The van der Waals surface area contributed by atoms with Gasteiger partial charge in [-0.1, -0.05) is 45.2 Å². The van der Waals surface area contributed by atoms with E-state index in [1.54, 1.807) is 26.4 Å². The van der Waals surface area contributed by atoms with Gasteiger partial charge in [-0.3, -0.25) is 9.59 Å². The van der Waals surface area contributed by atoms with Crippen molar-refractivity contribution in [2.45, 2.75) is 83.5 Å². The Morgan fingerprint density at radius 1 is 1.03 bits per heavy atom. The highest BCUT2D eigenvalue weighted by Crippen LogP contribution is 2.28. The smallest absolute Gasteiger partial charge is 0.255 e. The van der Waals surface area contributed by atoms with Crippen molar-refractivity contribution in [1.82, 2.24) is 10.6 Å². The Morgan fingerprint density at radius 2 is 1.72 bits per heavy atom. The molecular weight excluding hydrogens is 498 g/mol. The van der Waals surface area contributed by atoms with Gasteiger partial charge in [0.1, 0.15) is 11.9 Å². The lowest BCUT2D eigenvalue weighted by molar-refractivity contribution is -0.135. The molecule has 1 aliphatic rings. The molecule has 2 amide bonds. The summed E-state index contributed by atoms with van der Waals surface area (Å²) >= 11 is 0. The van der Waals surface area contributed by atoms with Crippen molar-refractivity contribution in [2.24, 2.45) is 23.5 Å². The van der Waals surface area contributed by atoms with Crippen LogP contribution in [0.4, 0.5) is 0 Å². The minimum atomic E-state index is -0.901. The van der Waals surface area contributed by atoms with Gasteiger partial charge in [-0.25, -0.2) is 0 Å². The Balaban J connectivity index is 1.84. The molecule has 1 aromatic rings. The maximum atomic E-state index is 13.0. The van der Waals surface area contributed by atoms with E-state index in [1.165, 1.54) is 6.42 Å². The summed E-state index contributed by atoms with van der Waals surface area (Å²) in [7, 11) is 3.24. The molecule has 39 heavy (non-hydrogen) atoms. The summed E-state index contributed by atoms with van der Waals surface area (Å²) in [6, 6.07) is 6.67. The molecule has 4 atom stereocenters. The summed E-state index contributed by atoms with van der Waals surface area (Å²) in [5, 5.41) is 16.6. The molecular formula is C30H51N3O6. The number of hydrogen-bond donors (Lipinski definition) is 4. The van der Waals surface area contributed by atoms with Crippen molar-refractivity contribution in [3.63, 3.8) is 0 Å². The SMILES string of the molecule is COCCCCOc1ccccc1C(=O)NCC(CC(N)C(O)CNC(=O)[C@H](OC)C1CCCCC1)C(C)C. The van der Waals surface area contributed by atoms with Gasteiger partial charge in [-0.2, -0.15) is 0 Å². The Bertz CT molecular complexity index is 846. The average Bonchev–Trinajstić information content (AvgIpc) is 2.94. The molecule has 9 nitrogen and oxygen atoms in total. The van der Waals surface area contributed by atoms with Crippen molar-refractivity contribution in [1.29, 1.82) is 0 Å². The summed E-state index contributed by atoms with van der Waals surface area (Å²) < 4.78 is 16.4. The molecule has 222 valence electrons.